The van der Waals surface area contributed by atoms with E-state index >= 15 is 0 Å². The summed E-state index contributed by atoms with van der Waals surface area (Å²) >= 11 is 1.26. The van der Waals surface area contributed by atoms with E-state index in [1.807, 2.05) is 30.3 Å². The minimum atomic E-state index is -0.182. The van der Waals surface area contributed by atoms with Gasteiger partial charge in [0.2, 0.25) is 5.91 Å². The molecule has 1 amide bonds. The Balaban J connectivity index is 1.66. The van der Waals surface area contributed by atoms with E-state index in [2.05, 4.69) is 15.3 Å². The van der Waals surface area contributed by atoms with Crippen molar-refractivity contribution < 1.29 is 4.79 Å². The summed E-state index contributed by atoms with van der Waals surface area (Å²) < 4.78 is 1.55. The second-order valence-electron chi connectivity index (χ2n) is 6.58. The molecular weight excluding hydrogens is 360 g/mol. The van der Waals surface area contributed by atoms with Crippen molar-refractivity contribution in [3.8, 4) is 5.69 Å². The molecule has 0 spiro atoms. The molecule has 7 heteroatoms. The fourth-order valence-corrected chi connectivity index (χ4v) is 4.18. The summed E-state index contributed by atoms with van der Waals surface area (Å²) in [5.41, 5.74) is 0.936. The highest BCUT2D eigenvalue weighted by molar-refractivity contribution is 7.99. The first-order valence-electron chi connectivity index (χ1n) is 9.08. The summed E-state index contributed by atoms with van der Waals surface area (Å²) in [6.07, 6.45) is 6.04. The first-order valence-corrected chi connectivity index (χ1v) is 10.1. The molecule has 0 radical (unpaired) electrons. The normalized spacial score (nSPS) is 14.5. The molecule has 1 aromatic carbocycles. The molecule has 3 aromatic rings. The highest BCUT2D eigenvalue weighted by Gasteiger charge is 2.19. The number of nitrogens with zero attached hydrogens (tertiary/aromatic N) is 3. The van der Waals surface area contributed by atoms with Crippen LogP contribution in [0, 0.1) is 0 Å². The molecule has 1 N–H and O–H groups in total. The number of thioether (sulfide) groups is 1. The Kier molecular flexibility index (Phi) is 5.20. The molecule has 1 fully saturated rings. The molecule has 1 saturated carbocycles. The Hall–Kier alpha value is -2.67. The monoisotopic (exact) mass is 380 g/mol. The van der Waals surface area contributed by atoms with Crippen molar-refractivity contribution in [3.63, 3.8) is 0 Å². The van der Waals surface area contributed by atoms with Crippen LogP contribution in [0.4, 0.5) is 0 Å². The summed E-state index contributed by atoms with van der Waals surface area (Å²) in [6, 6.07) is 13.1. The van der Waals surface area contributed by atoms with Crippen LogP contribution in [0.25, 0.3) is 16.7 Å². The van der Waals surface area contributed by atoms with Crippen molar-refractivity contribution in [2.75, 3.05) is 5.75 Å². The molecule has 2 heterocycles. The number of amides is 1. The molecule has 138 valence electrons. The Bertz CT molecular complexity index is 1010. The van der Waals surface area contributed by atoms with Gasteiger partial charge in [0, 0.05) is 12.2 Å². The molecule has 0 aliphatic heterocycles. The molecule has 0 bridgehead atoms. The third-order valence-corrected chi connectivity index (χ3v) is 5.62. The van der Waals surface area contributed by atoms with Crippen LogP contribution in [0.15, 0.2) is 58.6 Å². The highest BCUT2D eigenvalue weighted by Crippen LogP contribution is 2.21. The van der Waals surface area contributed by atoms with Gasteiger partial charge in [0.15, 0.2) is 10.8 Å². The third-order valence-electron chi connectivity index (χ3n) is 4.68. The van der Waals surface area contributed by atoms with Crippen LogP contribution in [-0.4, -0.2) is 32.2 Å². The fraction of sp³-hybridized carbons (Fsp3) is 0.300. The van der Waals surface area contributed by atoms with Gasteiger partial charge in [-0.1, -0.05) is 42.8 Å². The maximum absolute atomic E-state index is 13.0. The zero-order valence-corrected chi connectivity index (χ0v) is 15.6. The van der Waals surface area contributed by atoms with Crippen LogP contribution in [0.5, 0.6) is 0 Å². The second kappa shape index (κ2) is 7.92. The van der Waals surface area contributed by atoms with Gasteiger partial charge in [0.05, 0.1) is 16.8 Å². The Morgan fingerprint density at radius 2 is 1.93 bits per heavy atom. The number of carbonyl (C=O) groups is 1. The van der Waals surface area contributed by atoms with E-state index in [1.54, 1.807) is 22.9 Å². The molecule has 1 aliphatic carbocycles. The quantitative estimate of drug-likeness (QED) is 0.544. The van der Waals surface area contributed by atoms with Gasteiger partial charge in [-0.2, -0.15) is 0 Å². The SMILES string of the molecule is O=C(CSc1nc2ncccc2c(=O)n1-c1ccccc1)NC1CCCC1. The average molecular weight is 380 g/mol. The lowest BCUT2D eigenvalue weighted by molar-refractivity contribution is -0.119. The third kappa shape index (κ3) is 3.88. The second-order valence-corrected chi connectivity index (χ2v) is 7.53. The average Bonchev–Trinajstić information content (AvgIpc) is 3.20. The van der Waals surface area contributed by atoms with E-state index in [0.29, 0.717) is 16.2 Å². The minimum Gasteiger partial charge on any atom is -0.353 e. The topological polar surface area (TPSA) is 76.9 Å². The smallest absolute Gasteiger partial charge is 0.268 e. The lowest BCUT2D eigenvalue weighted by atomic mass is 10.2. The van der Waals surface area contributed by atoms with Crippen molar-refractivity contribution in [1.29, 1.82) is 0 Å². The summed E-state index contributed by atoms with van der Waals surface area (Å²) in [5, 5.41) is 4.00. The standard InChI is InChI=1S/C20H20N4O2S/c25-17(22-14-7-4-5-8-14)13-27-20-23-18-16(11-6-12-21-18)19(26)24(20)15-9-2-1-3-10-15/h1-3,6,9-12,14H,4-5,7-8,13H2,(H,22,25). The molecule has 1 aliphatic rings. The number of rotatable bonds is 5. The maximum Gasteiger partial charge on any atom is 0.268 e. The summed E-state index contributed by atoms with van der Waals surface area (Å²) in [6.45, 7) is 0. The van der Waals surface area contributed by atoms with Gasteiger partial charge in [-0.15, -0.1) is 0 Å². The van der Waals surface area contributed by atoms with E-state index in [-0.39, 0.29) is 23.3 Å². The lowest BCUT2D eigenvalue weighted by Gasteiger charge is -2.14. The van der Waals surface area contributed by atoms with Crippen LogP contribution in [0.2, 0.25) is 0 Å². The van der Waals surface area contributed by atoms with Crippen LogP contribution in [0.3, 0.4) is 0 Å². The van der Waals surface area contributed by atoms with Crippen molar-refractivity contribution >= 4 is 28.7 Å². The van der Waals surface area contributed by atoms with Crippen LogP contribution in [-0.2, 0) is 4.79 Å². The summed E-state index contributed by atoms with van der Waals surface area (Å²) in [4.78, 5) is 34.1. The fourth-order valence-electron chi connectivity index (χ4n) is 3.37. The lowest BCUT2D eigenvalue weighted by Crippen LogP contribution is -2.34. The molecule has 0 atom stereocenters. The van der Waals surface area contributed by atoms with Gasteiger partial charge < -0.3 is 5.32 Å². The molecule has 2 aromatic heterocycles. The van der Waals surface area contributed by atoms with Gasteiger partial charge in [-0.3, -0.25) is 14.2 Å². The van der Waals surface area contributed by atoms with Crippen molar-refractivity contribution in [1.82, 2.24) is 19.9 Å². The van der Waals surface area contributed by atoms with E-state index < -0.39 is 0 Å². The number of hydrogen-bond acceptors (Lipinski definition) is 5. The summed E-state index contributed by atoms with van der Waals surface area (Å²) in [5.74, 6) is 0.190. The number of benzene rings is 1. The van der Waals surface area contributed by atoms with Gasteiger partial charge >= 0.3 is 0 Å². The first kappa shape index (κ1) is 17.7. The highest BCUT2D eigenvalue weighted by atomic mass is 32.2. The van der Waals surface area contributed by atoms with E-state index in [9.17, 15) is 9.59 Å². The number of pyridine rings is 1. The summed E-state index contributed by atoms with van der Waals surface area (Å²) in [7, 11) is 0. The van der Waals surface area contributed by atoms with Gasteiger partial charge in [0.1, 0.15) is 0 Å². The zero-order valence-electron chi connectivity index (χ0n) is 14.8. The van der Waals surface area contributed by atoms with Crippen molar-refractivity contribution in [3.05, 3.63) is 59.0 Å². The maximum atomic E-state index is 13.0. The van der Waals surface area contributed by atoms with E-state index in [1.165, 1.54) is 24.6 Å². The predicted octanol–water partition coefficient (Wildman–Crippen LogP) is 2.93. The minimum absolute atomic E-state index is 0.0260. The van der Waals surface area contributed by atoms with Gasteiger partial charge in [-0.25, -0.2) is 9.97 Å². The van der Waals surface area contributed by atoms with E-state index in [4.69, 9.17) is 0 Å². The zero-order chi connectivity index (χ0) is 18.6. The van der Waals surface area contributed by atoms with Crippen LogP contribution in [0.1, 0.15) is 25.7 Å². The molecular formula is C20H20N4O2S. The Morgan fingerprint density at radius 3 is 2.70 bits per heavy atom. The first-order chi connectivity index (χ1) is 13.2. The van der Waals surface area contributed by atoms with E-state index in [0.717, 1.165) is 18.5 Å². The van der Waals surface area contributed by atoms with Crippen LogP contribution < -0.4 is 10.9 Å². The number of fused-ring (bicyclic) bond motifs is 1. The Morgan fingerprint density at radius 1 is 1.15 bits per heavy atom. The molecule has 0 saturated heterocycles. The number of para-hydroxylation sites is 1. The predicted molar refractivity (Wildman–Crippen MR) is 106 cm³/mol. The molecule has 27 heavy (non-hydrogen) atoms. The van der Waals surface area contributed by atoms with Crippen molar-refractivity contribution in [2.24, 2.45) is 0 Å². The molecule has 4 rings (SSSR count). The number of hydrogen-bond donors (Lipinski definition) is 1. The van der Waals surface area contributed by atoms with Crippen LogP contribution >= 0.6 is 11.8 Å². The number of aromatic nitrogens is 3. The molecule has 0 unspecified atom stereocenters. The molecule has 6 nitrogen and oxygen atoms in total. The number of carbonyl (C=O) groups excluding carboxylic acids is 1. The van der Waals surface area contributed by atoms with Gasteiger partial charge in [0.25, 0.3) is 5.56 Å². The number of nitrogens with one attached hydrogen (secondary N) is 1. The Labute approximate surface area is 161 Å². The van der Waals surface area contributed by atoms with Crippen molar-refractivity contribution in [2.45, 2.75) is 36.9 Å². The largest absolute Gasteiger partial charge is 0.353 e. The van der Waals surface area contributed by atoms with Gasteiger partial charge in [-0.05, 0) is 37.1 Å².